The number of nitrogens with zero attached hydrogens (tertiary/aromatic N) is 1. The van der Waals surface area contributed by atoms with E-state index in [1.165, 1.54) is 6.07 Å². The Morgan fingerprint density at radius 3 is 2.61 bits per heavy atom. The van der Waals surface area contributed by atoms with Crippen molar-refractivity contribution >= 4 is 53.5 Å². The minimum absolute atomic E-state index is 0.0854. The highest BCUT2D eigenvalue weighted by Gasteiger charge is 2.27. The number of hydrogen-bond donors (Lipinski definition) is 2. The van der Waals surface area contributed by atoms with Crippen molar-refractivity contribution in [1.82, 2.24) is 5.32 Å². The number of anilines is 1. The van der Waals surface area contributed by atoms with Crippen LogP contribution in [0.25, 0.3) is 0 Å². The maximum absolute atomic E-state index is 12.1. The molecule has 8 heteroatoms. The van der Waals surface area contributed by atoms with Gasteiger partial charge in [-0.25, -0.2) is 0 Å². The van der Waals surface area contributed by atoms with Crippen molar-refractivity contribution in [2.45, 2.75) is 24.8 Å². The molecule has 0 aliphatic carbocycles. The second kappa shape index (κ2) is 4.82. The molecule has 1 aliphatic rings. The number of benzene rings is 1. The van der Waals surface area contributed by atoms with Crippen LogP contribution in [0.2, 0.25) is 0 Å². The Hall–Kier alpha value is -0.600. The topological polar surface area (TPSA) is 70.6 Å². The molecule has 2 N–H and O–H groups in total. The van der Waals surface area contributed by atoms with E-state index in [0.717, 1.165) is 0 Å². The van der Waals surface area contributed by atoms with Gasteiger partial charge in [0, 0.05) is 15.0 Å². The van der Waals surface area contributed by atoms with Crippen LogP contribution in [0.15, 0.2) is 30.4 Å². The summed E-state index contributed by atoms with van der Waals surface area (Å²) in [4.78, 5) is 0.151. The predicted molar refractivity (Wildman–Crippen MR) is 78.4 cm³/mol. The minimum atomic E-state index is -3.68. The van der Waals surface area contributed by atoms with Gasteiger partial charge in [0.25, 0.3) is 10.0 Å². The molecule has 1 aliphatic heterocycles. The van der Waals surface area contributed by atoms with E-state index in [-0.39, 0.29) is 16.9 Å². The molecule has 18 heavy (non-hydrogen) atoms. The lowest BCUT2D eigenvalue weighted by Gasteiger charge is -2.21. The average Bonchev–Trinajstić information content (AvgIpc) is 2.18. The van der Waals surface area contributed by atoms with Crippen LogP contribution in [-0.4, -0.2) is 20.4 Å². The van der Waals surface area contributed by atoms with Crippen LogP contribution in [0.3, 0.4) is 0 Å². The SMILES string of the molecule is CC(C)NC1=NS(=O)(=O)c2cc(Br)cc(Br)c2N1. The molecule has 0 bridgehead atoms. The summed E-state index contributed by atoms with van der Waals surface area (Å²) in [6.45, 7) is 3.81. The largest absolute Gasteiger partial charge is 0.353 e. The Kier molecular flexibility index (Phi) is 3.70. The van der Waals surface area contributed by atoms with Crippen LogP contribution in [0.5, 0.6) is 0 Å². The molecular formula is C10H11Br2N3O2S. The Morgan fingerprint density at radius 2 is 2.00 bits per heavy atom. The summed E-state index contributed by atoms with van der Waals surface area (Å²) in [7, 11) is -3.68. The molecule has 0 radical (unpaired) electrons. The lowest BCUT2D eigenvalue weighted by atomic mass is 10.3. The van der Waals surface area contributed by atoms with E-state index >= 15 is 0 Å². The number of guanidine groups is 1. The van der Waals surface area contributed by atoms with E-state index in [2.05, 4.69) is 46.9 Å². The van der Waals surface area contributed by atoms with Gasteiger partial charge < -0.3 is 10.6 Å². The summed E-state index contributed by atoms with van der Waals surface area (Å²) in [6, 6.07) is 3.39. The van der Waals surface area contributed by atoms with Crippen molar-refractivity contribution in [3.05, 3.63) is 21.1 Å². The average molecular weight is 397 g/mol. The fourth-order valence-corrected chi connectivity index (χ4v) is 4.26. The smallest absolute Gasteiger partial charge is 0.287 e. The van der Waals surface area contributed by atoms with Gasteiger partial charge in [0.1, 0.15) is 4.90 Å². The van der Waals surface area contributed by atoms with Gasteiger partial charge >= 0.3 is 0 Å². The van der Waals surface area contributed by atoms with E-state index in [1.807, 2.05) is 13.8 Å². The second-order valence-electron chi connectivity index (χ2n) is 4.10. The standard InChI is InChI=1S/C10H11Br2N3O2S/c1-5(2)13-10-14-9-7(12)3-6(11)4-8(9)18(16,17)15-10/h3-5H,1-2H3,(H2,13,14,15). The number of hydrogen-bond acceptors (Lipinski definition) is 4. The molecule has 0 atom stereocenters. The van der Waals surface area contributed by atoms with Gasteiger partial charge in [-0.05, 0) is 41.9 Å². The fraction of sp³-hybridized carbons (Fsp3) is 0.300. The van der Waals surface area contributed by atoms with E-state index in [0.29, 0.717) is 14.6 Å². The lowest BCUT2D eigenvalue weighted by Crippen LogP contribution is -2.38. The highest BCUT2D eigenvalue weighted by atomic mass is 79.9. The number of rotatable bonds is 1. The molecular weight excluding hydrogens is 386 g/mol. The van der Waals surface area contributed by atoms with Crippen LogP contribution in [0.1, 0.15) is 13.8 Å². The summed E-state index contributed by atoms with van der Waals surface area (Å²) in [5, 5.41) is 5.92. The van der Waals surface area contributed by atoms with Gasteiger partial charge in [-0.1, -0.05) is 15.9 Å². The summed E-state index contributed by atoms with van der Waals surface area (Å²) in [5.41, 5.74) is 0.497. The third-order valence-corrected chi connectivity index (χ3v) is 4.56. The summed E-state index contributed by atoms with van der Waals surface area (Å²) in [5.74, 6) is 0.237. The van der Waals surface area contributed by atoms with Crippen molar-refractivity contribution in [3.63, 3.8) is 0 Å². The fourth-order valence-electron chi connectivity index (χ4n) is 1.52. The van der Waals surface area contributed by atoms with Crippen LogP contribution in [0.4, 0.5) is 5.69 Å². The van der Waals surface area contributed by atoms with E-state index in [9.17, 15) is 8.42 Å². The monoisotopic (exact) mass is 395 g/mol. The highest BCUT2D eigenvalue weighted by Crippen LogP contribution is 2.36. The second-order valence-corrected chi connectivity index (χ2v) is 7.44. The minimum Gasteiger partial charge on any atom is -0.353 e. The molecule has 0 amide bonds. The highest BCUT2D eigenvalue weighted by molar-refractivity contribution is 9.11. The normalized spacial score (nSPS) is 16.8. The summed E-state index contributed by atoms with van der Waals surface area (Å²) < 4.78 is 29.2. The molecule has 0 fully saturated rings. The van der Waals surface area contributed by atoms with Crippen molar-refractivity contribution in [2.75, 3.05) is 5.32 Å². The van der Waals surface area contributed by atoms with E-state index < -0.39 is 10.0 Å². The molecule has 98 valence electrons. The van der Waals surface area contributed by atoms with Crippen LogP contribution >= 0.6 is 31.9 Å². The third kappa shape index (κ3) is 2.70. The van der Waals surface area contributed by atoms with Crippen molar-refractivity contribution in [2.24, 2.45) is 4.40 Å². The predicted octanol–water partition coefficient (Wildman–Crippen LogP) is 2.68. The van der Waals surface area contributed by atoms with E-state index in [1.54, 1.807) is 6.07 Å². The quantitative estimate of drug-likeness (QED) is 0.765. The molecule has 5 nitrogen and oxygen atoms in total. The van der Waals surface area contributed by atoms with Crippen LogP contribution < -0.4 is 10.6 Å². The number of fused-ring (bicyclic) bond motifs is 1. The number of nitrogens with one attached hydrogen (secondary N) is 2. The molecule has 0 aromatic heterocycles. The molecule has 1 heterocycles. The van der Waals surface area contributed by atoms with Gasteiger partial charge in [-0.3, -0.25) is 0 Å². The molecule has 1 aromatic rings. The van der Waals surface area contributed by atoms with Gasteiger partial charge in [0.15, 0.2) is 0 Å². The first kappa shape index (κ1) is 13.8. The van der Waals surface area contributed by atoms with Crippen molar-refractivity contribution in [3.8, 4) is 0 Å². The van der Waals surface area contributed by atoms with Gasteiger partial charge in [-0.2, -0.15) is 8.42 Å². The molecule has 2 rings (SSSR count). The zero-order valence-electron chi connectivity index (χ0n) is 9.66. The van der Waals surface area contributed by atoms with Crippen molar-refractivity contribution in [1.29, 1.82) is 0 Å². The Labute approximate surface area is 122 Å². The first-order valence-corrected chi connectivity index (χ1v) is 8.20. The summed E-state index contributed by atoms with van der Waals surface area (Å²) >= 11 is 6.60. The maximum atomic E-state index is 12.1. The molecule has 0 saturated carbocycles. The van der Waals surface area contributed by atoms with Gasteiger partial charge in [0.05, 0.1) is 5.69 Å². The maximum Gasteiger partial charge on any atom is 0.287 e. The lowest BCUT2D eigenvalue weighted by molar-refractivity contribution is 0.597. The van der Waals surface area contributed by atoms with Gasteiger partial charge in [0.2, 0.25) is 5.96 Å². The Balaban J connectivity index is 2.55. The molecule has 0 saturated heterocycles. The van der Waals surface area contributed by atoms with Crippen molar-refractivity contribution < 1.29 is 8.42 Å². The zero-order chi connectivity index (χ0) is 13.5. The van der Waals surface area contributed by atoms with Gasteiger partial charge in [-0.15, -0.1) is 4.40 Å². The Bertz CT molecular complexity index is 626. The first-order valence-electron chi connectivity index (χ1n) is 5.17. The molecule has 1 aromatic carbocycles. The van der Waals surface area contributed by atoms with Crippen LogP contribution in [-0.2, 0) is 10.0 Å². The number of sulfonamides is 1. The van der Waals surface area contributed by atoms with E-state index in [4.69, 9.17) is 0 Å². The summed E-state index contributed by atoms with van der Waals surface area (Å²) in [6.07, 6.45) is 0. The van der Waals surface area contributed by atoms with Crippen LogP contribution in [0, 0.1) is 0 Å². The zero-order valence-corrected chi connectivity index (χ0v) is 13.6. The Morgan fingerprint density at radius 1 is 1.33 bits per heavy atom. The number of halogens is 2. The molecule has 0 unspecified atom stereocenters. The first-order chi connectivity index (χ1) is 8.29. The third-order valence-electron chi connectivity index (χ3n) is 2.18. The molecule has 0 spiro atoms.